The zero-order valence-electron chi connectivity index (χ0n) is 12.0. The highest BCUT2D eigenvalue weighted by Crippen LogP contribution is 2.20. The molecule has 1 rings (SSSR count). The summed E-state index contributed by atoms with van der Waals surface area (Å²) in [7, 11) is 0. The molecule has 0 bridgehead atoms. The number of nitrogens with two attached hydrogens (primary N) is 1. The summed E-state index contributed by atoms with van der Waals surface area (Å²) in [4.78, 5) is 2.59. The fraction of sp³-hybridized carbons (Fsp3) is 1.00. The van der Waals surface area contributed by atoms with Crippen LogP contribution >= 0.6 is 0 Å². The van der Waals surface area contributed by atoms with E-state index in [4.69, 9.17) is 10.5 Å². The largest absolute Gasteiger partial charge is 0.374 e. The Morgan fingerprint density at radius 3 is 2.53 bits per heavy atom. The third-order valence-corrected chi connectivity index (χ3v) is 4.07. The Hall–Kier alpha value is -0.120. The Morgan fingerprint density at radius 2 is 2.00 bits per heavy atom. The molecule has 0 aromatic rings. The Kier molecular flexibility index (Phi) is 6.45. The summed E-state index contributed by atoms with van der Waals surface area (Å²) in [5.41, 5.74) is 5.95. The van der Waals surface area contributed by atoms with Gasteiger partial charge in [-0.15, -0.1) is 0 Å². The van der Waals surface area contributed by atoms with Crippen LogP contribution in [0.1, 0.15) is 47.0 Å². The molecule has 0 radical (unpaired) electrons. The molecule has 1 aliphatic rings. The standard InChI is InChI=1S/C14H30N2O/c1-5-11(3)9-13(6-2)16-7-8-17-14(10-16)12(4)15/h11-14H,5-10,15H2,1-4H3. The van der Waals surface area contributed by atoms with Crippen LogP contribution in [0, 0.1) is 5.92 Å². The van der Waals surface area contributed by atoms with Gasteiger partial charge < -0.3 is 10.5 Å². The molecule has 0 aromatic heterocycles. The van der Waals surface area contributed by atoms with Crippen LogP contribution in [0.3, 0.4) is 0 Å². The van der Waals surface area contributed by atoms with Crippen molar-refractivity contribution in [3.8, 4) is 0 Å². The first-order valence-corrected chi connectivity index (χ1v) is 7.19. The zero-order valence-corrected chi connectivity index (χ0v) is 12.0. The van der Waals surface area contributed by atoms with Crippen molar-refractivity contribution in [2.75, 3.05) is 19.7 Å². The van der Waals surface area contributed by atoms with Crippen molar-refractivity contribution in [2.45, 2.75) is 65.1 Å². The Balaban J connectivity index is 2.50. The van der Waals surface area contributed by atoms with Crippen LogP contribution < -0.4 is 5.73 Å². The monoisotopic (exact) mass is 242 g/mol. The van der Waals surface area contributed by atoms with Gasteiger partial charge in [-0.05, 0) is 25.7 Å². The van der Waals surface area contributed by atoms with E-state index < -0.39 is 0 Å². The van der Waals surface area contributed by atoms with Crippen LogP contribution in [0.4, 0.5) is 0 Å². The highest BCUT2D eigenvalue weighted by atomic mass is 16.5. The maximum absolute atomic E-state index is 5.95. The van der Waals surface area contributed by atoms with E-state index in [1.807, 2.05) is 6.92 Å². The van der Waals surface area contributed by atoms with Gasteiger partial charge in [0.05, 0.1) is 12.7 Å². The lowest BCUT2D eigenvalue weighted by Crippen LogP contribution is -2.52. The number of hydrogen-bond acceptors (Lipinski definition) is 3. The van der Waals surface area contributed by atoms with Crippen molar-refractivity contribution in [3.05, 3.63) is 0 Å². The first kappa shape index (κ1) is 14.9. The maximum atomic E-state index is 5.95. The van der Waals surface area contributed by atoms with Crippen molar-refractivity contribution in [2.24, 2.45) is 11.7 Å². The van der Waals surface area contributed by atoms with Crippen LogP contribution in [0.2, 0.25) is 0 Å². The molecular weight excluding hydrogens is 212 g/mol. The van der Waals surface area contributed by atoms with Gasteiger partial charge in [0.25, 0.3) is 0 Å². The average molecular weight is 242 g/mol. The van der Waals surface area contributed by atoms with Crippen molar-refractivity contribution in [1.82, 2.24) is 4.90 Å². The van der Waals surface area contributed by atoms with E-state index in [0.717, 1.165) is 25.6 Å². The molecule has 1 fully saturated rings. The predicted octanol–water partition coefficient (Wildman–Crippen LogP) is 2.25. The molecule has 102 valence electrons. The smallest absolute Gasteiger partial charge is 0.0850 e. The minimum absolute atomic E-state index is 0.138. The van der Waals surface area contributed by atoms with Gasteiger partial charge in [0, 0.05) is 25.2 Å². The van der Waals surface area contributed by atoms with Crippen LogP contribution in [-0.2, 0) is 4.74 Å². The van der Waals surface area contributed by atoms with Gasteiger partial charge in [0.1, 0.15) is 0 Å². The van der Waals surface area contributed by atoms with Crippen LogP contribution in [0.15, 0.2) is 0 Å². The van der Waals surface area contributed by atoms with Crippen LogP contribution in [-0.4, -0.2) is 42.8 Å². The maximum Gasteiger partial charge on any atom is 0.0850 e. The molecule has 0 aromatic carbocycles. The predicted molar refractivity (Wildman–Crippen MR) is 73.1 cm³/mol. The van der Waals surface area contributed by atoms with Gasteiger partial charge in [-0.1, -0.05) is 27.2 Å². The molecule has 3 nitrogen and oxygen atoms in total. The third-order valence-electron chi connectivity index (χ3n) is 4.07. The Bertz CT molecular complexity index is 208. The number of ether oxygens (including phenoxy) is 1. The number of morpholine rings is 1. The van der Waals surface area contributed by atoms with Crippen molar-refractivity contribution < 1.29 is 4.74 Å². The molecule has 1 saturated heterocycles. The van der Waals surface area contributed by atoms with Gasteiger partial charge in [-0.25, -0.2) is 0 Å². The molecule has 4 unspecified atom stereocenters. The van der Waals surface area contributed by atoms with Gasteiger partial charge in [0.15, 0.2) is 0 Å². The zero-order chi connectivity index (χ0) is 12.8. The summed E-state index contributed by atoms with van der Waals surface area (Å²) in [6, 6.07) is 0.842. The van der Waals surface area contributed by atoms with E-state index in [0.29, 0.717) is 6.04 Å². The van der Waals surface area contributed by atoms with E-state index in [-0.39, 0.29) is 12.1 Å². The first-order valence-electron chi connectivity index (χ1n) is 7.19. The van der Waals surface area contributed by atoms with E-state index in [9.17, 15) is 0 Å². The molecule has 0 amide bonds. The molecule has 2 N–H and O–H groups in total. The third kappa shape index (κ3) is 4.57. The van der Waals surface area contributed by atoms with Gasteiger partial charge in [-0.2, -0.15) is 0 Å². The van der Waals surface area contributed by atoms with Crippen LogP contribution in [0.5, 0.6) is 0 Å². The minimum Gasteiger partial charge on any atom is -0.374 e. The van der Waals surface area contributed by atoms with Crippen molar-refractivity contribution in [1.29, 1.82) is 0 Å². The summed E-state index contributed by atoms with van der Waals surface area (Å²) in [5, 5.41) is 0. The highest BCUT2D eigenvalue weighted by molar-refractivity contribution is 4.82. The molecule has 0 saturated carbocycles. The fourth-order valence-electron chi connectivity index (χ4n) is 2.55. The lowest BCUT2D eigenvalue weighted by atomic mass is 9.95. The SMILES string of the molecule is CCC(C)CC(CC)N1CCOC(C(C)N)C1. The topological polar surface area (TPSA) is 38.5 Å². The minimum atomic E-state index is 0.138. The van der Waals surface area contributed by atoms with E-state index in [1.54, 1.807) is 0 Å². The van der Waals surface area contributed by atoms with Gasteiger partial charge >= 0.3 is 0 Å². The summed E-state index contributed by atoms with van der Waals surface area (Å²) in [5.74, 6) is 0.816. The van der Waals surface area contributed by atoms with Crippen molar-refractivity contribution in [3.63, 3.8) is 0 Å². The van der Waals surface area contributed by atoms with Crippen LogP contribution in [0.25, 0.3) is 0 Å². The summed E-state index contributed by atoms with van der Waals surface area (Å²) in [6.07, 6.45) is 4.03. The molecule has 4 atom stereocenters. The van der Waals surface area contributed by atoms with Gasteiger partial charge in [0.2, 0.25) is 0 Å². The van der Waals surface area contributed by atoms with Gasteiger partial charge in [-0.3, -0.25) is 4.90 Å². The summed E-state index contributed by atoms with van der Waals surface area (Å²) >= 11 is 0. The molecular formula is C14H30N2O. The average Bonchev–Trinajstić information content (AvgIpc) is 2.35. The fourth-order valence-corrected chi connectivity index (χ4v) is 2.55. The molecule has 0 aliphatic carbocycles. The second-order valence-electron chi connectivity index (χ2n) is 5.57. The molecule has 1 heterocycles. The number of hydrogen-bond donors (Lipinski definition) is 1. The second-order valence-corrected chi connectivity index (χ2v) is 5.57. The number of nitrogens with zero attached hydrogens (tertiary/aromatic N) is 1. The molecule has 1 aliphatic heterocycles. The van der Waals surface area contributed by atoms with E-state index in [1.165, 1.54) is 19.3 Å². The van der Waals surface area contributed by atoms with E-state index in [2.05, 4.69) is 25.7 Å². The quantitative estimate of drug-likeness (QED) is 0.776. The summed E-state index contributed by atoms with van der Waals surface area (Å²) in [6.45, 7) is 11.9. The van der Waals surface area contributed by atoms with Crippen molar-refractivity contribution >= 4 is 0 Å². The Labute approximate surface area is 107 Å². The molecule has 0 spiro atoms. The normalized spacial score (nSPS) is 27.7. The number of rotatable bonds is 6. The second kappa shape index (κ2) is 7.34. The first-order chi connectivity index (χ1) is 8.08. The Morgan fingerprint density at radius 1 is 1.29 bits per heavy atom. The molecule has 3 heteroatoms. The molecule has 17 heavy (non-hydrogen) atoms. The lowest BCUT2D eigenvalue weighted by Gasteiger charge is -2.40. The lowest BCUT2D eigenvalue weighted by molar-refractivity contribution is -0.0547. The van der Waals surface area contributed by atoms with E-state index >= 15 is 0 Å². The summed E-state index contributed by atoms with van der Waals surface area (Å²) < 4.78 is 5.73. The highest BCUT2D eigenvalue weighted by Gasteiger charge is 2.27.